The van der Waals surface area contributed by atoms with Gasteiger partial charge in [0, 0.05) is 13.7 Å². The van der Waals surface area contributed by atoms with E-state index in [0.717, 1.165) is 11.1 Å². The minimum Gasteiger partial charge on any atom is -0.380 e. The van der Waals surface area contributed by atoms with E-state index < -0.39 is 0 Å². The number of rotatable bonds is 6. The molecule has 0 spiro atoms. The minimum atomic E-state index is -0.131. The molecule has 0 radical (unpaired) electrons. The molecule has 0 aromatic heterocycles. The first kappa shape index (κ1) is 14.9. The average molecular weight is 294 g/mol. The molecular weight excluding hydrogens is 276 g/mol. The predicted octanol–water partition coefficient (Wildman–Crippen LogP) is 0.982. The average Bonchev–Trinajstić information content (AvgIpc) is 2.84. The predicted molar refractivity (Wildman–Crippen MR) is 78.0 cm³/mol. The number of carbonyl (C=O) groups is 2. The fourth-order valence-electron chi connectivity index (χ4n) is 1.99. The van der Waals surface area contributed by atoms with Crippen LogP contribution in [0.25, 0.3) is 0 Å². The highest BCUT2D eigenvalue weighted by Crippen LogP contribution is 2.14. The van der Waals surface area contributed by atoms with Gasteiger partial charge in [-0.1, -0.05) is 24.3 Å². The van der Waals surface area contributed by atoms with Gasteiger partial charge in [-0.3, -0.25) is 9.59 Å². The van der Waals surface area contributed by atoms with Crippen molar-refractivity contribution in [1.82, 2.24) is 10.2 Å². The van der Waals surface area contributed by atoms with Gasteiger partial charge in [0.25, 0.3) is 0 Å². The summed E-state index contributed by atoms with van der Waals surface area (Å²) < 4.78 is 5.13. The molecule has 0 atom stereocenters. The van der Waals surface area contributed by atoms with Gasteiger partial charge in [0.1, 0.15) is 6.54 Å². The number of thioether (sulfide) groups is 1. The lowest BCUT2D eigenvalue weighted by Crippen LogP contribution is -2.38. The van der Waals surface area contributed by atoms with Crippen LogP contribution in [0.15, 0.2) is 24.3 Å². The molecule has 2 amide bonds. The van der Waals surface area contributed by atoms with E-state index in [4.69, 9.17) is 4.74 Å². The van der Waals surface area contributed by atoms with Crippen molar-refractivity contribution in [2.45, 2.75) is 13.2 Å². The third-order valence-electron chi connectivity index (χ3n) is 3.05. The highest BCUT2D eigenvalue weighted by Gasteiger charge is 2.22. The van der Waals surface area contributed by atoms with Gasteiger partial charge >= 0.3 is 0 Å². The van der Waals surface area contributed by atoms with Crippen LogP contribution in [0, 0.1) is 0 Å². The van der Waals surface area contributed by atoms with Gasteiger partial charge in [0.2, 0.25) is 11.8 Å². The zero-order chi connectivity index (χ0) is 14.4. The number of nitrogens with one attached hydrogen (secondary N) is 1. The van der Waals surface area contributed by atoms with Gasteiger partial charge in [0.15, 0.2) is 0 Å². The summed E-state index contributed by atoms with van der Waals surface area (Å²) in [5.74, 6) is 0.981. The summed E-state index contributed by atoms with van der Waals surface area (Å²) in [6.45, 7) is 1.11. The van der Waals surface area contributed by atoms with Crippen LogP contribution < -0.4 is 5.32 Å². The number of hydrogen-bond acceptors (Lipinski definition) is 4. The zero-order valence-corrected chi connectivity index (χ0v) is 12.2. The highest BCUT2D eigenvalue weighted by atomic mass is 32.2. The van der Waals surface area contributed by atoms with Crippen LogP contribution in [0.4, 0.5) is 0 Å². The number of benzene rings is 1. The summed E-state index contributed by atoms with van der Waals surface area (Å²) in [5.41, 5.74) is 2.09. The van der Waals surface area contributed by atoms with Crippen molar-refractivity contribution < 1.29 is 14.3 Å². The van der Waals surface area contributed by atoms with E-state index in [2.05, 4.69) is 5.32 Å². The Bertz CT molecular complexity index is 493. The molecule has 0 bridgehead atoms. The molecule has 0 saturated carbocycles. The van der Waals surface area contributed by atoms with Gasteiger partial charge in [0.05, 0.1) is 18.2 Å². The summed E-state index contributed by atoms with van der Waals surface area (Å²) in [7, 11) is 1.64. The molecule has 20 heavy (non-hydrogen) atoms. The molecule has 0 unspecified atom stereocenters. The Morgan fingerprint density at radius 2 is 2.15 bits per heavy atom. The van der Waals surface area contributed by atoms with E-state index in [1.807, 2.05) is 24.3 Å². The number of methoxy groups -OCH3 is 1. The van der Waals surface area contributed by atoms with Gasteiger partial charge < -0.3 is 15.0 Å². The maximum Gasteiger partial charge on any atom is 0.239 e. The van der Waals surface area contributed by atoms with Crippen molar-refractivity contribution in [3.05, 3.63) is 35.4 Å². The van der Waals surface area contributed by atoms with Crippen LogP contribution in [0.3, 0.4) is 0 Å². The molecule has 108 valence electrons. The van der Waals surface area contributed by atoms with Gasteiger partial charge in [-0.2, -0.15) is 0 Å². The van der Waals surface area contributed by atoms with Crippen LogP contribution in [0.5, 0.6) is 0 Å². The number of nitrogens with zero attached hydrogens (tertiary/aromatic N) is 1. The van der Waals surface area contributed by atoms with Crippen molar-refractivity contribution in [1.29, 1.82) is 0 Å². The molecule has 2 rings (SSSR count). The smallest absolute Gasteiger partial charge is 0.239 e. The minimum absolute atomic E-state index is 0.0323. The number of amides is 2. The summed E-state index contributed by atoms with van der Waals surface area (Å²) >= 11 is 1.54. The SMILES string of the molecule is COCc1ccccc1CNC(=O)CN1CSCC1=O. The molecule has 1 heterocycles. The molecule has 6 heteroatoms. The van der Waals surface area contributed by atoms with Crippen molar-refractivity contribution >= 4 is 23.6 Å². The fraction of sp³-hybridized carbons (Fsp3) is 0.429. The first-order chi connectivity index (χ1) is 9.70. The van der Waals surface area contributed by atoms with Gasteiger partial charge in [-0.05, 0) is 11.1 Å². The van der Waals surface area contributed by atoms with Crippen LogP contribution >= 0.6 is 11.8 Å². The topological polar surface area (TPSA) is 58.6 Å². The lowest BCUT2D eigenvalue weighted by Gasteiger charge is -2.15. The molecule has 1 saturated heterocycles. The Labute approximate surface area is 122 Å². The van der Waals surface area contributed by atoms with Gasteiger partial charge in [-0.15, -0.1) is 11.8 Å². The second-order valence-electron chi connectivity index (χ2n) is 4.55. The fourth-order valence-corrected chi connectivity index (χ4v) is 2.89. The lowest BCUT2D eigenvalue weighted by molar-refractivity contribution is -0.132. The van der Waals surface area contributed by atoms with E-state index in [1.54, 1.807) is 12.0 Å². The first-order valence-corrected chi connectivity index (χ1v) is 7.54. The summed E-state index contributed by atoms with van der Waals surface area (Å²) in [6, 6.07) is 7.82. The van der Waals surface area contributed by atoms with E-state index in [0.29, 0.717) is 24.8 Å². The second-order valence-corrected chi connectivity index (χ2v) is 5.50. The number of ether oxygens (including phenoxy) is 1. The third-order valence-corrected chi connectivity index (χ3v) is 4.00. The van der Waals surface area contributed by atoms with Crippen molar-refractivity contribution in [2.24, 2.45) is 0 Å². The Morgan fingerprint density at radius 3 is 2.80 bits per heavy atom. The van der Waals surface area contributed by atoms with Crippen LogP contribution in [0.2, 0.25) is 0 Å². The lowest BCUT2D eigenvalue weighted by atomic mass is 10.1. The Kier molecular flexibility index (Phi) is 5.43. The maximum absolute atomic E-state index is 11.8. The normalized spacial score (nSPS) is 14.7. The molecule has 5 nitrogen and oxygen atoms in total. The highest BCUT2D eigenvalue weighted by molar-refractivity contribution is 8.00. The maximum atomic E-state index is 11.8. The van der Waals surface area contributed by atoms with Crippen LogP contribution in [-0.4, -0.2) is 42.0 Å². The van der Waals surface area contributed by atoms with E-state index in [-0.39, 0.29) is 18.4 Å². The quantitative estimate of drug-likeness (QED) is 0.850. The Morgan fingerprint density at radius 1 is 1.40 bits per heavy atom. The molecule has 1 aliphatic heterocycles. The Balaban J connectivity index is 1.85. The van der Waals surface area contributed by atoms with Gasteiger partial charge in [-0.25, -0.2) is 0 Å². The molecule has 1 N–H and O–H groups in total. The second kappa shape index (κ2) is 7.31. The summed E-state index contributed by atoms with van der Waals surface area (Å²) in [4.78, 5) is 24.8. The van der Waals surface area contributed by atoms with Crippen molar-refractivity contribution in [3.63, 3.8) is 0 Å². The molecule has 0 aliphatic carbocycles. The molecule has 1 aromatic carbocycles. The van der Waals surface area contributed by atoms with E-state index in [9.17, 15) is 9.59 Å². The van der Waals surface area contributed by atoms with E-state index in [1.165, 1.54) is 11.8 Å². The standard InChI is InChI=1S/C14H18N2O3S/c1-19-8-12-5-3-2-4-11(12)6-15-13(17)7-16-10-20-9-14(16)18/h2-5H,6-10H2,1H3,(H,15,17). The Hall–Kier alpha value is -1.53. The molecule has 1 aromatic rings. The zero-order valence-electron chi connectivity index (χ0n) is 11.4. The first-order valence-electron chi connectivity index (χ1n) is 6.38. The van der Waals surface area contributed by atoms with E-state index >= 15 is 0 Å². The largest absolute Gasteiger partial charge is 0.380 e. The summed E-state index contributed by atoms with van der Waals surface area (Å²) in [5, 5.41) is 2.85. The number of carbonyl (C=O) groups excluding carboxylic acids is 2. The molecular formula is C14H18N2O3S. The third kappa shape index (κ3) is 3.98. The monoisotopic (exact) mass is 294 g/mol. The summed E-state index contributed by atoms with van der Waals surface area (Å²) in [6.07, 6.45) is 0. The van der Waals surface area contributed by atoms with Crippen LogP contribution in [0.1, 0.15) is 11.1 Å². The molecule has 1 aliphatic rings. The van der Waals surface area contributed by atoms with Crippen molar-refractivity contribution in [3.8, 4) is 0 Å². The molecule has 1 fully saturated rings. The van der Waals surface area contributed by atoms with Crippen LogP contribution in [-0.2, 0) is 27.5 Å². The van der Waals surface area contributed by atoms with Crippen molar-refractivity contribution in [2.75, 3.05) is 25.3 Å². The number of hydrogen-bond donors (Lipinski definition) is 1.